The summed E-state index contributed by atoms with van der Waals surface area (Å²) in [5, 5.41) is 8.62. The molecule has 4 heteroatoms. The number of rotatable bonds is 6. The van der Waals surface area contributed by atoms with Crippen molar-refractivity contribution in [3.05, 3.63) is 30.1 Å². The van der Waals surface area contributed by atoms with Gasteiger partial charge >= 0.3 is 0 Å². The lowest BCUT2D eigenvalue weighted by atomic mass is 10.2. The first-order chi connectivity index (χ1) is 7.74. The fourth-order valence-corrected chi connectivity index (χ4v) is 1.43. The van der Waals surface area contributed by atoms with E-state index in [0.717, 1.165) is 12.0 Å². The monoisotopic (exact) mass is 222 g/mol. The number of carbonyl (C=O) groups excluding carboxylic acids is 1. The average Bonchev–Trinajstić information content (AvgIpc) is 2.30. The van der Waals surface area contributed by atoms with Gasteiger partial charge in [0.1, 0.15) is 0 Å². The van der Waals surface area contributed by atoms with E-state index in [-0.39, 0.29) is 12.5 Å². The van der Waals surface area contributed by atoms with E-state index in [1.807, 2.05) is 12.1 Å². The Bertz CT molecular complexity index is 314. The standard InChI is InChI=1S/C12H18N2O2/c1-14(12(16)6-2-3-8-15)10-11-5-4-7-13-9-11/h4-5,7,9,15H,2-3,6,8,10H2,1H3. The summed E-state index contributed by atoms with van der Waals surface area (Å²) in [6, 6.07) is 3.81. The van der Waals surface area contributed by atoms with E-state index < -0.39 is 0 Å². The maximum Gasteiger partial charge on any atom is 0.222 e. The number of aliphatic hydroxyl groups excluding tert-OH is 1. The molecule has 1 N–H and O–H groups in total. The third-order valence-electron chi connectivity index (χ3n) is 2.37. The van der Waals surface area contributed by atoms with Gasteiger partial charge in [0.25, 0.3) is 0 Å². The van der Waals surface area contributed by atoms with Crippen LogP contribution in [0.2, 0.25) is 0 Å². The molecule has 0 aliphatic heterocycles. The van der Waals surface area contributed by atoms with Gasteiger partial charge in [0.05, 0.1) is 0 Å². The smallest absolute Gasteiger partial charge is 0.222 e. The van der Waals surface area contributed by atoms with Crippen LogP contribution in [-0.2, 0) is 11.3 Å². The molecule has 0 unspecified atom stereocenters. The Morgan fingerprint density at radius 2 is 2.31 bits per heavy atom. The third-order valence-corrected chi connectivity index (χ3v) is 2.37. The molecule has 0 fully saturated rings. The zero-order chi connectivity index (χ0) is 11.8. The summed E-state index contributed by atoms with van der Waals surface area (Å²) in [6.07, 6.45) is 5.40. The summed E-state index contributed by atoms with van der Waals surface area (Å²) >= 11 is 0. The van der Waals surface area contributed by atoms with Crippen LogP contribution in [0.25, 0.3) is 0 Å². The third kappa shape index (κ3) is 4.40. The summed E-state index contributed by atoms with van der Waals surface area (Å²) in [4.78, 5) is 17.3. The average molecular weight is 222 g/mol. The second-order valence-corrected chi connectivity index (χ2v) is 3.79. The van der Waals surface area contributed by atoms with E-state index in [1.54, 1.807) is 24.3 Å². The minimum atomic E-state index is 0.109. The molecule has 0 saturated heterocycles. The maximum atomic E-state index is 11.6. The molecular weight excluding hydrogens is 204 g/mol. The van der Waals surface area contributed by atoms with Crippen LogP contribution >= 0.6 is 0 Å². The minimum absolute atomic E-state index is 0.109. The van der Waals surface area contributed by atoms with Gasteiger partial charge in [-0.3, -0.25) is 9.78 Å². The Hall–Kier alpha value is -1.42. The van der Waals surface area contributed by atoms with Crippen LogP contribution in [0.4, 0.5) is 0 Å². The van der Waals surface area contributed by atoms with Crippen LogP contribution in [-0.4, -0.2) is 34.6 Å². The number of hydrogen-bond acceptors (Lipinski definition) is 3. The van der Waals surface area contributed by atoms with E-state index in [1.165, 1.54) is 0 Å². The molecular formula is C12H18N2O2. The highest BCUT2D eigenvalue weighted by Crippen LogP contribution is 2.04. The first kappa shape index (κ1) is 12.6. The van der Waals surface area contributed by atoms with Crippen molar-refractivity contribution in [1.82, 2.24) is 9.88 Å². The summed E-state index contributed by atoms with van der Waals surface area (Å²) in [7, 11) is 1.79. The lowest BCUT2D eigenvalue weighted by Gasteiger charge is -2.16. The molecule has 0 saturated carbocycles. The maximum absolute atomic E-state index is 11.6. The van der Waals surface area contributed by atoms with Gasteiger partial charge in [-0.25, -0.2) is 0 Å². The summed E-state index contributed by atoms with van der Waals surface area (Å²) in [5.74, 6) is 0.109. The fraction of sp³-hybridized carbons (Fsp3) is 0.500. The molecule has 1 heterocycles. The number of aromatic nitrogens is 1. The van der Waals surface area contributed by atoms with Crippen LogP contribution in [0.3, 0.4) is 0 Å². The Balaban J connectivity index is 2.34. The molecule has 0 atom stereocenters. The molecule has 4 nitrogen and oxygen atoms in total. The predicted molar refractivity (Wildman–Crippen MR) is 61.6 cm³/mol. The summed E-state index contributed by atoms with van der Waals surface area (Å²) in [6.45, 7) is 0.741. The van der Waals surface area contributed by atoms with Crippen LogP contribution in [0.15, 0.2) is 24.5 Å². The van der Waals surface area contributed by atoms with Crippen molar-refractivity contribution in [3.8, 4) is 0 Å². The van der Waals surface area contributed by atoms with E-state index in [0.29, 0.717) is 19.4 Å². The second kappa shape index (κ2) is 6.95. The molecule has 1 aromatic heterocycles. The SMILES string of the molecule is CN(Cc1cccnc1)C(=O)CCCCO. The normalized spacial score (nSPS) is 10.1. The Morgan fingerprint density at radius 1 is 1.50 bits per heavy atom. The second-order valence-electron chi connectivity index (χ2n) is 3.79. The first-order valence-corrected chi connectivity index (χ1v) is 5.47. The molecule has 0 spiro atoms. The molecule has 1 amide bonds. The van der Waals surface area contributed by atoms with Gasteiger partial charge < -0.3 is 10.0 Å². The van der Waals surface area contributed by atoms with E-state index in [4.69, 9.17) is 5.11 Å². The minimum Gasteiger partial charge on any atom is -0.396 e. The lowest BCUT2D eigenvalue weighted by molar-refractivity contribution is -0.130. The molecule has 0 aliphatic carbocycles. The van der Waals surface area contributed by atoms with Crippen molar-refractivity contribution in [2.45, 2.75) is 25.8 Å². The van der Waals surface area contributed by atoms with Gasteiger partial charge in [-0.15, -0.1) is 0 Å². The van der Waals surface area contributed by atoms with E-state index in [9.17, 15) is 4.79 Å². The number of unbranched alkanes of at least 4 members (excludes halogenated alkanes) is 1. The Labute approximate surface area is 95.9 Å². The molecule has 0 aliphatic rings. The van der Waals surface area contributed by atoms with Gasteiger partial charge in [0, 0.05) is 39.0 Å². The Kier molecular flexibility index (Phi) is 5.50. The number of pyridine rings is 1. The molecule has 88 valence electrons. The van der Waals surface area contributed by atoms with Crippen LogP contribution in [0.1, 0.15) is 24.8 Å². The number of amides is 1. The predicted octanol–water partition coefficient (Wildman–Crippen LogP) is 1.20. The van der Waals surface area contributed by atoms with Gasteiger partial charge in [0.2, 0.25) is 5.91 Å². The van der Waals surface area contributed by atoms with Crippen molar-refractivity contribution >= 4 is 5.91 Å². The number of aliphatic hydroxyl groups is 1. The van der Waals surface area contributed by atoms with Crippen molar-refractivity contribution in [3.63, 3.8) is 0 Å². The summed E-state index contributed by atoms with van der Waals surface area (Å²) in [5.41, 5.74) is 1.03. The molecule has 1 aromatic rings. The molecule has 0 radical (unpaired) electrons. The Morgan fingerprint density at radius 3 is 2.94 bits per heavy atom. The largest absolute Gasteiger partial charge is 0.396 e. The van der Waals surface area contributed by atoms with Crippen molar-refractivity contribution in [2.24, 2.45) is 0 Å². The van der Waals surface area contributed by atoms with E-state index >= 15 is 0 Å². The molecule has 0 aromatic carbocycles. The van der Waals surface area contributed by atoms with E-state index in [2.05, 4.69) is 4.98 Å². The topological polar surface area (TPSA) is 53.4 Å². The van der Waals surface area contributed by atoms with Gasteiger partial charge in [0.15, 0.2) is 0 Å². The molecule has 0 bridgehead atoms. The van der Waals surface area contributed by atoms with Gasteiger partial charge in [-0.1, -0.05) is 6.07 Å². The van der Waals surface area contributed by atoms with Crippen molar-refractivity contribution in [1.29, 1.82) is 0 Å². The fourth-order valence-electron chi connectivity index (χ4n) is 1.43. The molecule has 1 rings (SSSR count). The number of nitrogens with zero attached hydrogens (tertiary/aromatic N) is 2. The van der Waals surface area contributed by atoms with Crippen LogP contribution in [0, 0.1) is 0 Å². The number of hydrogen-bond donors (Lipinski definition) is 1. The quantitative estimate of drug-likeness (QED) is 0.736. The van der Waals surface area contributed by atoms with Crippen LogP contribution in [0.5, 0.6) is 0 Å². The highest BCUT2D eigenvalue weighted by molar-refractivity contribution is 5.75. The van der Waals surface area contributed by atoms with Gasteiger partial charge in [-0.05, 0) is 24.5 Å². The van der Waals surface area contributed by atoms with Crippen molar-refractivity contribution < 1.29 is 9.90 Å². The van der Waals surface area contributed by atoms with Gasteiger partial charge in [-0.2, -0.15) is 0 Å². The highest BCUT2D eigenvalue weighted by atomic mass is 16.3. The lowest BCUT2D eigenvalue weighted by Crippen LogP contribution is -2.25. The zero-order valence-electron chi connectivity index (χ0n) is 9.59. The highest BCUT2D eigenvalue weighted by Gasteiger charge is 2.08. The summed E-state index contributed by atoms with van der Waals surface area (Å²) < 4.78 is 0. The number of carbonyl (C=O) groups is 1. The van der Waals surface area contributed by atoms with Crippen molar-refractivity contribution in [2.75, 3.05) is 13.7 Å². The molecule has 16 heavy (non-hydrogen) atoms. The zero-order valence-corrected chi connectivity index (χ0v) is 9.59. The first-order valence-electron chi connectivity index (χ1n) is 5.47. The van der Waals surface area contributed by atoms with Crippen LogP contribution < -0.4 is 0 Å².